The third kappa shape index (κ3) is 2.70. The number of nitrogens with one attached hydrogen (secondary N) is 1. The molecule has 0 radical (unpaired) electrons. The van der Waals surface area contributed by atoms with Crippen molar-refractivity contribution in [3.05, 3.63) is 30.1 Å². The van der Waals surface area contributed by atoms with E-state index in [1.54, 1.807) is 12.4 Å². The molecule has 4 aliphatic carbocycles. The molecule has 0 unspecified atom stereocenters. The predicted octanol–water partition coefficient (Wildman–Crippen LogP) is 2.96. The average Bonchev–Trinajstić information content (AvgIpc) is 2.45. The number of carbonyl (C=O) groups is 1. The summed E-state index contributed by atoms with van der Waals surface area (Å²) in [5, 5.41) is 3.22. The Labute approximate surface area is 126 Å². The van der Waals surface area contributed by atoms with E-state index in [0.717, 1.165) is 29.9 Å². The van der Waals surface area contributed by atoms with Gasteiger partial charge in [-0.2, -0.15) is 0 Å². The van der Waals surface area contributed by atoms with Crippen molar-refractivity contribution in [2.24, 2.45) is 23.2 Å². The maximum atomic E-state index is 12.2. The second-order valence-corrected chi connectivity index (χ2v) is 7.73. The van der Waals surface area contributed by atoms with Crippen LogP contribution in [0.2, 0.25) is 0 Å². The molecule has 3 nitrogen and oxygen atoms in total. The fourth-order valence-corrected chi connectivity index (χ4v) is 5.54. The summed E-state index contributed by atoms with van der Waals surface area (Å²) in [5.41, 5.74) is 1.43. The smallest absolute Gasteiger partial charge is 0.224 e. The molecule has 1 aromatic rings. The highest BCUT2D eigenvalue weighted by Crippen LogP contribution is 2.59. The summed E-state index contributed by atoms with van der Waals surface area (Å²) in [6.07, 6.45) is 12.4. The maximum absolute atomic E-state index is 12.2. The minimum absolute atomic E-state index is 0.152. The van der Waals surface area contributed by atoms with Crippen LogP contribution in [-0.4, -0.2) is 17.4 Å². The second-order valence-electron chi connectivity index (χ2n) is 7.73. The minimum Gasteiger partial charge on any atom is -0.355 e. The molecule has 21 heavy (non-hydrogen) atoms. The number of aromatic nitrogens is 1. The van der Waals surface area contributed by atoms with E-state index < -0.39 is 0 Å². The van der Waals surface area contributed by atoms with Gasteiger partial charge in [0.1, 0.15) is 0 Å². The Kier molecular flexibility index (Phi) is 3.24. The van der Waals surface area contributed by atoms with Crippen LogP contribution < -0.4 is 5.32 Å². The van der Waals surface area contributed by atoms with E-state index in [4.69, 9.17) is 0 Å². The van der Waals surface area contributed by atoms with Crippen molar-refractivity contribution >= 4 is 5.91 Å². The van der Waals surface area contributed by atoms with E-state index in [9.17, 15) is 4.79 Å². The first-order valence-electron chi connectivity index (χ1n) is 8.36. The number of pyridine rings is 1. The summed E-state index contributed by atoms with van der Waals surface area (Å²) in [7, 11) is 0. The molecule has 112 valence electrons. The molecule has 3 heteroatoms. The Balaban J connectivity index is 1.35. The van der Waals surface area contributed by atoms with Crippen molar-refractivity contribution in [1.82, 2.24) is 10.3 Å². The molecule has 0 spiro atoms. The molecule has 1 amide bonds. The minimum atomic E-state index is 0.152. The predicted molar refractivity (Wildman–Crippen MR) is 81.6 cm³/mol. The molecule has 4 saturated carbocycles. The summed E-state index contributed by atoms with van der Waals surface area (Å²) >= 11 is 0. The number of nitrogens with zero attached hydrogens (tertiary/aromatic N) is 1. The summed E-state index contributed by atoms with van der Waals surface area (Å²) in [6, 6.07) is 3.86. The molecule has 1 heterocycles. The fourth-order valence-electron chi connectivity index (χ4n) is 5.54. The SMILES string of the molecule is O=C(Cc1cccnc1)NCC12CC3CC(CC(C3)C1)C2. The lowest BCUT2D eigenvalue weighted by molar-refractivity contribution is -0.122. The van der Waals surface area contributed by atoms with E-state index in [0.29, 0.717) is 11.8 Å². The third-order valence-electron chi connectivity index (χ3n) is 5.91. The number of hydrogen-bond donors (Lipinski definition) is 1. The average molecular weight is 284 g/mol. The fraction of sp³-hybridized carbons (Fsp3) is 0.667. The molecule has 4 aliphatic rings. The molecule has 1 N–H and O–H groups in total. The van der Waals surface area contributed by atoms with E-state index in [2.05, 4.69) is 10.3 Å². The van der Waals surface area contributed by atoms with Crippen LogP contribution in [0.4, 0.5) is 0 Å². The van der Waals surface area contributed by atoms with Gasteiger partial charge in [-0.05, 0) is 73.3 Å². The summed E-state index contributed by atoms with van der Waals surface area (Å²) < 4.78 is 0. The van der Waals surface area contributed by atoms with Crippen LogP contribution in [0.5, 0.6) is 0 Å². The van der Waals surface area contributed by atoms with E-state index in [1.807, 2.05) is 12.1 Å². The van der Waals surface area contributed by atoms with E-state index in [1.165, 1.54) is 38.5 Å². The normalized spacial score (nSPS) is 36.7. The van der Waals surface area contributed by atoms with Gasteiger partial charge in [-0.1, -0.05) is 6.07 Å². The second kappa shape index (κ2) is 5.11. The first-order chi connectivity index (χ1) is 10.2. The number of rotatable bonds is 4. The van der Waals surface area contributed by atoms with Crippen LogP contribution in [0.1, 0.15) is 44.1 Å². The first-order valence-corrected chi connectivity index (χ1v) is 8.36. The van der Waals surface area contributed by atoms with Crippen molar-refractivity contribution in [2.45, 2.75) is 44.9 Å². The van der Waals surface area contributed by atoms with Crippen molar-refractivity contribution in [1.29, 1.82) is 0 Å². The molecule has 0 saturated heterocycles. The highest BCUT2D eigenvalue weighted by atomic mass is 16.1. The van der Waals surface area contributed by atoms with Gasteiger partial charge >= 0.3 is 0 Å². The third-order valence-corrected chi connectivity index (χ3v) is 5.91. The van der Waals surface area contributed by atoms with Gasteiger partial charge in [0.2, 0.25) is 5.91 Å². The Morgan fingerprint density at radius 3 is 2.43 bits per heavy atom. The molecule has 0 aliphatic heterocycles. The van der Waals surface area contributed by atoms with Crippen molar-refractivity contribution in [2.75, 3.05) is 6.54 Å². The molecular formula is C18H24N2O. The zero-order valence-corrected chi connectivity index (χ0v) is 12.6. The molecule has 4 bridgehead atoms. The maximum Gasteiger partial charge on any atom is 0.224 e. The van der Waals surface area contributed by atoms with Crippen LogP contribution in [-0.2, 0) is 11.2 Å². The molecule has 4 fully saturated rings. The number of amides is 1. The summed E-state index contributed by atoms with van der Waals surface area (Å²) in [6.45, 7) is 0.898. The Morgan fingerprint density at radius 2 is 1.86 bits per heavy atom. The molecule has 1 aromatic heterocycles. The summed E-state index contributed by atoms with van der Waals surface area (Å²) in [4.78, 5) is 16.2. The highest BCUT2D eigenvalue weighted by molar-refractivity contribution is 5.78. The zero-order chi connectivity index (χ0) is 14.3. The van der Waals surface area contributed by atoms with Crippen LogP contribution >= 0.6 is 0 Å². The van der Waals surface area contributed by atoms with Crippen molar-refractivity contribution in [3.8, 4) is 0 Å². The zero-order valence-electron chi connectivity index (χ0n) is 12.6. The lowest BCUT2D eigenvalue weighted by atomic mass is 9.49. The van der Waals surface area contributed by atoms with Crippen LogP contribution in [0.15, 0.2) is 24.5 Å². The van der Waals surface area contributed by atoms with Crippen LogP contribution in [0.25, 0.3) is 0 Å². The van der Waals surface area contributed by atoms with Gasteiger partial charge in [0.05, 0.1) is 6.42 Å². The Bertz CT molecular complexity index is 490. The lowest BCUT2D eigenvalue weighted by Crippen LogP contribution is -2.51. The Hall–Kier alpha value is -1.38. The topological polar surface area (TPSA) is 42.0 Å². The lowest BCUT2D eigenvalue weighted by Gasteiger charge is -2.56. The van der Waals surface area contributed by atoms with Gasteiger partial charge in [-0.3, -0.25) is 9.78 Å². The van der Waals surface area contributed by atoms with Gasteiger partial charge in [0.25, 0.3) is 0 Å². The molecule has 0 atom stereocenters. The molecular weight excluding hydrogens is 260 g/mol. The standard InChI is InChI=1S/C18H24N2O/c21-17(7-13-2-1-3-19-11-13)20-12-18-8-14-4-15(9-18)6-16(5-14)10-18/h1-3,11,14-16H,4-10,12H2,(H,20,21). The Morgan fingerprint density at radius 1 is 1.19 bits per heavy atom. The van der Waals surface area contributed by atoms with Crippen LogP contribution in [0.3, 0.4) is 0 Å². The summed E-state index contributed by atoms with van der Waals surface area (Å²) in [5.74, 6) is 3.00. The van der Waals surface area contributed by atoms with E-state index in [-0.39, 0.29) is 5.91 Å². The number of hydrogen-bond acceptors (Lipinski definition) is 2. The largest absolute Gasteiger partial charge is 0.355 e. The van der Waals surface area contributed by atoms with Gasteiger partial charge in [0.15, 0.2) is 0 Å². The van der Waals surface area contributed by atoms with Gasteiger partial charge in [-0.15, -0.1) is 0 Å². The molecule has 5 rings (SSSR count). The van der Waals surface area contributed by atoms with Crippen LogP contribution in [0, 0.1) is 23.2 Å². The van der Waals surface area contributed by atoms with Gasteiger partial charge in [0, 0.05) is 18.9 Å². The van der Waals surface area contributed by atoms with E-state index >= 15 is 0 Å². The van der Waals surface area contributed by atoms with Crippen molar-refractivity contribution < 1.29 is 4.79 Å². The van der Waals surface area contributed by atoms with Gasteiger partial charge in [-0.25, -0.2) is 0 Å². The van der Waals surface area contributed by atoms with Gasteiger partial charge < -0.3 is 5.32 Å². The quantitative estimate of drug-likeness (QED) is 0.923. The van der Waals surface area contributed by atoms with Crippen molar-refractivity contribution in [3.63, 3.8) is 0 Å². The highest BCUT2D eigenvalue weighted by Gasteiger charge is 2.50. The monoisotopic (exact) mass is 284 g/mol. The first kappa shape index (κ1) is 13.3. The molecule has 0 aromatic carbocycles. The number of carbonyl (C=O) groups excluding carboxylic acids is 1.